The van der Waals surface area contributed by atoms with Crippen molar-refractivity contribution in [2.45, 2.75) is 86.5 Å². The number of benzene rings is 3. The smallest absolute Gasteiger partial charge is 0.226 e. The molecule has 1 saturated heterocycles. The molecule has 2 fully saturated rings. The number of methoxy groups -OCH3 is 1. The maximum atomic E-state index is 15.7. The van der Waals surface area contributed by atoms with Gasteiger partial charge in [0.25, 0.3) is 0 Å². The Kier molecular flexibility index (Phi) is 11.9. The van der Waals surface area contributed by atoms with Gasteiger partial charge in [0.15, 0.2) is 11.6 Å². The van der Waals surface area contributed by atoms with Gasteiger partial charge in [-0.3, -0.25) is 19.2 Å². The Bertz CT molecular complexity index is 1760. The number of amides is 1. The van der Waals surface area contributed by atoms with Crippen LogP contribution in [0.1, 0.15) is 84.9 Å². The van der Waals surface area contributed by atoms with Gasteiger partial charge in [0.1, 0.15) is 17.3 Å². The number of ether oxygens (including phenoxy) is 1. The van der Waals surface area contributed by atoms with Crippen LogP contribution in [0.4, 0.5) is 4.39 Å². The summed E-state index contributed by atoms with van der Waals surface area (Å²) in [4.78, 5) is 49.1. The molecule has 1 amide bonds. The molecule has 0 atom stereocenters. The monoisotopic (exact) mass is 657 g/mol. The van der Waals surface area contributed by atoms with Crippen LogP contribution in [-0.2, 0) is 32.0 Å². The lowest BCUT2D eigenvalue weighted by molar-refractivity contribution is -0.134. The van der Waals surface area contributed by atoms with Gasteiger partial charge < -0.3 is 10.1 Å². The number of hydrogen-bond acceptors (Lipinski definition) is 5. The predicted molar refractivity (Wildman–Crippen MR) is 193 cm³/mol. The molecule has 1 N–H and O–H groups in total. The normalized spacial score (nSPS) is 19.7. The van der Waals surface area contributed by atoms with Crippen molar-refractivity contribution in [3.8, 4) is 28.0 Å². The summed E-state index contributed by atoms with van der Waals surface area (Å²) < 4.78 is 21.4. The molecule has 0 radical (unpaired) electrons. The second-order valence-electron chi connectivity index (χ2n) is 12.5. The summed E-state index contributed by atoms with van der Waals surface area (Å²) >= 11 is 0. The third kappa shape index (κ3) is 7.20. The van der Waals surface area contributed by atoms with Crippen LogP contribution in [0.3, 0.4) is 0 Å². The van der Waals surface area contributed by atoms with Crippen LogP contribution in [0, 0.1) is 31.0 Å². The van der Waals surface area contributed by atoms with E-state index in [9.17, 15) is 19.2 Å². The first-order valence-electron chi connectivity index (χ1n) is 17.2. The summed E-state index contributed by atoms with van der Waals surface area (Å²) in [5, 5.41) is 2.93. The highest BCUT2D eigenvalue weighted by Gasteiger charge is 2.52. The minimum Gasteiger partial charge on any atom is -0.496 e. The number of rotatable bonds is 8. The fourth-order valence-corrected chi connectivity index (χ4v) is 7.35. The maximum Gasteiger partial charge on any atom is 0.226 e. The topological polar surface area (TPSA) is 89.5 Å². The molecule has 1 spiro atoms. The molecule has 3 aromatic rings. The third-order valence-electron chi connectivity index (χ3n) is 9.82. The predicted octanol–water partition coefficient (Wildman–Crippen LogP) is 8.76. The highest BCUT2D eigenvalue weighted by Crippen LogP contribution is 2.52. The molecule has 48 heavy (non-hydrogen) atoms. The van der Waals surface area contributed by atoms with Crippen molar-refractivity contribution in [1.29, 1.82) is 0 Å². The second-order valence-corrected chi connectivity index (χ2v) is 12.5. The minimum atomic E-state index is -0.407. The largest absolute Gasteiger partial charge is 0.496 e. The Hall–Kier alpha value is -4.39. The van der Waals surface area contributed by atoms with Crippen LogP contribution >= 0.6 is 0 Å². The van der Waals surface area contributed by atoms with E-state index in [0.29, 0.717) is 23.3 Å². The lowest BCUT2D eigenvalue weighted by atomic mass is 9.59. The molecule has 3 aromatic carbocycles. The average Bonchev–Trinajstić information content (AvgIpc) is 3.45. The van der Waals surface area contributed by atoms with Crippen LogP contribution < -0.4 is 10.1 Å². The zero-order valence-electron chi connectivity index (χ0n) is 29.3. The number of carbonyl (C=O) groups is 4. The molecule has 1 saturated carbocycles. The number of carbonyl (C=O) groups excluding carboxylic acids is 4. The van der Waals surface area contributed by atoms with Crippen molar-refractivity contribution >= 4 is 23.3 Å². The van der Waals surface area contributed by atoms with Gasteiger partial charge >= 0.3 is 0 Å². The Morgan fingerprint density at radius 1 is 0.958 bits per heavy atom. The molecule has 2 aliphatic carbocycles. The van der Waals surface area contributed by atoms with Crippen molar-refractivity contribution in [2.75, 3.05) is 13.7 Å². The Labute approximate surface area is 287 Å². The van der Waals surface area contributed by atoms with Crippen molar-refractivity contribution in [3.63, 3.8) is 0 Å². The summed E-state index contributed by atoms with van der Waals surface area (Å²) in [5.74, 6) is -0.283. The number of ketones is 3. The van der Waals surface area contributed by atoms with Crippen molar-refractivity contribution in [2.24, 2.45) is 11.3 Å². The first-order valence-corrected chi connectivity index (χ1v) is 17.2. The third-order valence-corrected chi connectivity index (χ3v) is 9.82. The van der Waals surface area contributed by atoms with Gasteiger partial charge in [-0.05, 0) is 96.5 Å². The number of halogens is 1. The first-order chi connectivity index (χ1) is 23.1. The van der Waals surface area contributed by atoms with Gasteiger partial charge in [-0.15, -0.1) is 0 Å². The SMILES string of the molecule is CC.CC.COc1cc(-c2cccc(-c3cccc(CC(=O)C4=CCC(=O)CC4=O)c3C)c2C)cc(F)c1CC1CC2(CCNC2=O)C1.[HH].[HH]. The van der Waals surface area contributed by atoms with E-state index in [-0.39, 0.29) is 62.3 Å². The Balaban J connectivity index is 0.00000140. The van der Waals surface area contributed by atoms with E-state index >= 15 is 4.39 Å². The van der Waals surface area contributed by atoms with E-state index in [1.165, 1.54) is 6.08 Å². The zero-order chi connectivity index (χ0) is 35.2. The van der Waals surface area contributed by atoms with E-state index in [1.807, 2.05) is 84.0 Å². The highest BCUT2D eigenvalue weighted by atomic mass is 19.1. The average molecular weight is 658 g/mol. The number of allylic oxidation sites excluding steroid dienone is 2. The van der Waals surface area contributed by atoms with Gasteiger partial charge in [-0.2, -0.15) is 0 Å². The first kappa shape index (κ1) is 36.4. The summed E-state index contributed by atoms with van der Waals surface area (Å²) in [6, 6.07) is 15.2. The number of hydrogen-bond donors (Lipinski definition) is 1. The van der Waals surface area contributed by atoms with Crippen LogP contribution in [0.25, 0.3) is 22.3 Å². The quantitative estimate of drug-likeness (QED) is 0.193. The molecule has 7 heteroatoms. The van der Waals surface area contributed by atoms with Gasteiger partial charge in [0.05, 0.1) is 24.5 Å². The highest BCUT2D eigenvalue weighted by molar-refractivity contribution is 6.26. The van der Waals surface area contributed by atoms with Gasteiger partial charge in [0, 0.05) is 27.8 Å². The molecule has 6 nitrogen and oxygen atoms in total. The van der Waals surface area contributed by atoms with E-state index in [1.54, 1.807) is 13.2 Å². The standard InChI is InChI=1S/C37H36FNO5.2C2H6.2H2/c1-21-24(16-33(41)30-11-10-26(40)18-34(30)42)6-4-8-28(21)29-9-5-7-27(22(29)2)25-15-32(38)31(35(17-25)44-3)14-23-19-37(20-23)12-13-39-36(37)43;2*1-2;;/h4-9,11,15,17,23H,10,12-14,16,18-20H2,1-3H3,(H,39,43);2*1-2H3;2*1H. The Morgan fingerprint density at radius 3 is 2.23 bits per heavy atom. The van der Waals surface area contributed by atoms with Crippen LogP contribution in [0.5, 0.6) is 5.75 Å². The van der Waals surface area contributed by atoms with E-state index in [0.717, 1.165) is 59.2 Å². The van der Waals surface area contributed by atoms with Gasteiger partial charge in [0.2, 0.25) is 5.91 Å². The molecule has 1 aliphatic heterocycles. The van der Waals surface area contributed by atoms with E-state index in [2.05, 4.69) is 5.32 Å². The molecular weight excluding hydrogens is 605 g/mol. The molecule has 0 bridgehead atoms. The maximum absolute atomic E-state index is 15.7. The van der Waals surface area contributed by atoms with Crippen LogP contribution in [0.15, 0.2) is 60.2 Å². The second kappa shape index (κ2) is 15.7. The van der Waals surface area contributed by atoms with Crippen molar-refractivity contribution in [1.82, 2.24) is 5.32 Å². The summed E-state index contributed by atoms with van der Waals surface area (Å²) in [6.07, 6.45) is 4.38. The van der Waals surface area contributed by atoms with Crippen LogP contribution in [0.2, 0.25) is 0 Å². The van der Waals surface area contributed by atoms with Gasteiger partial charge in [-0.1, -0.05) is 70.2 Å². The van der Waals surface area contributed by atoms with Crippen molar-refractivity contribution in [3.05, 3.63) is 88.3 Å². The summed E-state index contributed by atoms with van der Waals surface area (Å²) in [6.45, 7) is 12.7. The van der Waals surface area contributed by atoms with Gasteiger partial charge in [-0.25, -0.2) is 4.39 Å². The molecule has 258 valence electrons. The lowest BCUT2D eigenvalue weighted by Gasteiger charge is -2.43. The number of Topliss-reactive ketones (excluding diaryl/α,β-unsaturated/α-hetero) is 3. The molecule has 6 rings (SSSR count). The van der Waals surface area contributed by atoms with E-state index in [4.69, 9.17) is 4.74 Å². The minimum absolute atomic E-state index is 0. The molecule has 0 unspecified atom stereocenters. The summed E-state index contributed by atoms with van der Waals surface area (Å²) in [5.41, 5.74) is 6.61. The van der Waals surface area contributed by atoms with E-state index < -0.39 is 5.78 Å². The molecule has 3 aliphatic rings. The zero-order valence-corrected chi connectivity index (χ0v) is 29.3. The van der Waals surface area contributed by atoms with Crippen molar-refractivity contribution < 1.29 is 31.2 Å². The Morgan fingerprint density at radius 2 is 1.60 bits per heavy atom. The lowest BCUT2D eigenvalue weighted by Crippen LogP contribution is -2.43. The fourth-order valence-electron chi connectivity index (χ4n) is 7.35. The molecule has 0 aromatic heterocycles. The van der Waals surface area contributed by atoms with Crippen LogP contribution in [-0.4, -0.2) is 36.9 Å². The number of nitrogens with one attached hydrogen (secondary N) is 1. The molecular formula is C41H52FNO5. The molecule has 1 heterocycles. The fraction of sp³-hybridized carbons (Fsp3) is 0.415. The summed E-state index contributed by atoms with van der Waals surface area (Å²) in [7, 11) is 1.56.